The summed E-state index contributed by atoms with van der Waals surface area (Å²) in [6.07, 6.45) is 1.78. The third-order valence-corrected chi connectivity index (χ3v) is 2.22. The molecule has 0 spiro atoms. The van der Waals surface area contributed by atoms with Gasteiger partial charge in [-0.05, 0) is 40.8 Å². The molecule has 0 fully saturated rings. The Balaban J connectivity index is 2.79. The molecule has 1 aromatic heterocycles. The molecule has 0 saturated carbocycles. The summed E-state index contributed by atoms with van der Waals surface area (Å²) in [6.45, 7) is 0. The van der Waals surface area contributed by atoms with Crippen LogP contribution in [0.25, 0.3) is 10.9 Å². The van der Waals surface area contributed by atoms with Crippen molar-refractivity contribution in [1.29, 1.82) is 0 Å². The number of phenolic OH excluding ortho intramolecular Hbond substituents is 1. The van der Waals surface area contributed by atoms with Crippen molar-refractivity contribution in [2.75, 3.05) is 0 Å². The summed E-state index contributed by atoms with van der Waals surface area (Å²) < 4.78 is 1.10. The fourth-order valence-corrected chi connectivity index (χ4v) is 1.56. The second-order valence-corrected chi connectivity index (χ2v) is 3.78. The molecule has 12 heavy (non-hydrogen) atoms. The molecule has 0 saturated heterocycles. The number of phenols is 1. The van der Waals surface area contributed by atoms with Gasteiger partial charge in [0.2, 0.25) is 0 Å². The van der Waals surface area contributed by atoms with E-state index >= 15 is 0 Å². The fourth-order valence-electron chi connectivity index (χ4n) is 1.08. The van der Waals surface area contributed by atoms with E-state index in [0.29, 0.717) is 0 Å². The van der Waals surface area contributed by atoms with Gasteiger partial charge in [0.25, 0.3) is 0 Å². The van der Waals surface area contributed by atoms with Crippen LogP contribution in [0.5, 0.6) is 5.75 Å². The first kappa shape index (κ1) is 7.79. The second kappa shape index (κ2) is 2.90. The van der Waals surface area contributed by atoms with E-state index in [-0.39, 0.29) is 5.75 Å². The van der Waals surface area contributed by atoms with Crippen LogP contribution in [-0.2, 0) is 0 Å². The third-order valence-electron chi connectivity index (χ3n) is 1.63. The summed E-state index contributed by atoms with van der Waals surface area (Å²) in [5.74, 6) is 0.260. The van der Waals surface area contributed by atoms with Crippen molar-refractivity contribution < 1.29 is 5.11 Å². The molecule has 60 valence electrons. The van der Waals surface area contributed by atoms with Crippen molar-refractivity contribution in [3.63, 3.8) is 0 Å². The standard InChI is InChI=1S/C9H6INO/c10-7-3-6-1-2-8(12)4-9(6)11-5-7/h1-5,12H. The Morgan fingerprint density at radius 3 is 2.92 bits per heavy atom. The molecule has 2 aromatic rings. The van der Waals surface area contributed by atoms with Gasteiger partial charge in [0, 0.05) is 21.2 Å². The number of fused-ring (bicyclic) bond motifs is 1. The molecular formula is C9H6INO. The van der Waals surface area contributed by atoms with Crippen LogP contribution in [0.3, 0.4) is 0 Å². The van der Waals surface area contributed by atoms with Gasteiger partial charge in [0.15, 0.2) is 0 Å². The first-order valence-electron chi connectivity index (χ1n) is 3.50. The quantitative estimate of drug-likeness (QED) is 0.747. The van der Waals surface area contributed by atoms with E-state index in [1.165, 1.54) is 0 Å². The molecule has 2 rings (SSSR count). The number of halogens is 1. The maximum atomic E-state index is 9.16. The smallest absolute Gasteiger partial charge is 0.117 e. The molecule has 0 amide bonds. The highest BCUT2D eigenvalue weighted by Crippen LogP contribution is 2.19. The van der Waals surface area contributed by atoms with Gasteiger partial charge >= 0.3 is 0 Å². The van der Waals surface area contributed by atoms with Crippen molar-refractivity contribution in [3.8, 4) is 5.75 Å². The fraction of sp³-hybridized carbons (Fsp3) is 0. The van der Waals surface area contributed by atoms with Crippen LogP contribution in [0, 0.1) is 3.57 Å². The Bertz CT molecular complexity index is 387. The van der Waals surface area contributed by atoms with Gasteiger partial charge in [0.1, 0.15) is 5.75 Å². The topological polar surface area (TPSA) is 33.1 Å². The maximum Gasteiger partial charge on any atom is 0.117 e. The van der Waals surface area contributed by atoms with Crippen LogP contribution in [0.1, 0.15) is 0 Å². The Kier molecular flexibility index (Phi) is 1.88. The lowest BCUT2D eigenvalue weighted by Crippen LogP contribution is -1.79. The Hall–Kier alpha value is -0.840. The predicted octanol–water partition coefficient (Wildman–Crippen LogP) is 2.55. The van der Waals surface area contributed by atoms with E-state index < -0.39 is 0 Å². The zero-order valence-corrected chi connectivity index (χ0v) is 8.32. The minimum absolute atomic E-state index is 0.260. The normalized spacial score (nSPS) is 10.4. The number of nitrogens with zero attached hydrogens (tertiary/aromatic N) is 1. The van der Waals surface area contributed by atoms with Gasteiger partial charge in [-0.2, -0.15) is 0 Å². The van der Waals surface area contributed by atoms with Gasteiger partial charge in [0.05, 0.1) is 5.52 Å². The maximum absolute atomic E-state index is 9.16. The number of benzene rings is 1. The zero-order valence-electron chi connectivity index (χ0n) is 6.16. The molecule has 0 unspecified atom stereocenters. The third kappa shape index (κ3) is 1.36. The summed E-state index contributed by atoms with van der Waals surface area (Å²) >= 11 is 2.21. The SMILES string of the molecule is Oc1ccc2cc(I)cnc2c1. The van der Waals surface area contributed by atoms with Crippen LogP contribution >= 0.6 is 22.6 Å². The van der Waals surface area contributed by atoms with Crippen LogP contribution in [0.4, 0.5) is 0 Å². The van der Waals surface area contributed by atoms with Gasteiger partial charge in [-0.15, -0.1) is 0 Å². The van der Waals surface area contributed by atoms with Crippen molar-refractivity contribution in [1.82, 2.24) is 4.98 Å². The predicted molar refractivity (Wildman–Crippen MR) is 56.1 cm³/mol. The van der Waals surface area contributed by atoms with E-state index in [1.54, 1.807) is 18.3 Å². The molecule has 1 N–H and O–H groups in total. The molecule has 0 bridgehead atoms. The zero-order chi connectivity index (χ0) is 8.55. The number of pyridine rings is 1. The second-order valence-electron chi connectivity index (χ2n) is 2.53. The van der Waals surface area contributed by atoms with Crippen LogP contribution < -0.4 is 0 Å². The molecule has 0 aliphatic heterocycles. The van der Waals surface area contributed by atoms with E-state index in [1.807, 2.05) is 12.1 Å². The van der Waals surface area contributed by atoms with E-state index in [0.717, 1.165) is 14.5 Å². The largest absolute Gasteiger partial charge is 0.508 e. The summed E-state index contributed by atoms with van der Waals surface area (Å²) in [4.78, 5) is 4.17. The average Bonchev–Trinajstić information content (AvgIpc) is 2.05. The van der Waals surface area contributed by atoms with Crippen molar-refractivity contribution in [2.45, 2.75) is 0 Å². The highest BCUT2D eigenvalue weighted by molar-refractivity contribution is 14.1. The summed E-state index contributed by atoms with van der Waals surface area (Å²) in [5, 5.41) is 10.2. The van der Waals surface area contributed by atoms with E-state index in [4.69, 9.17) is 5.11 Å². The van der Waals surface area contributed by atoms with Crippen molar-refractivity contribution in [2.24, 2.45) is 0 Å². The molecule has 0 aliphatic carbocycles. The number of rotatable bonds is 0. The number of hydrogen-bond acceptors (Lipinski definition) is 2. The van der Waals surface area contributed by atoms with Crippen LogP contribution in [0.2, 0.25) is 0 Å². The molecule has 2 nitrogen and oxygen atoms in total. The van der Waals surface area contributed by atoms with E-state index in [2.05, 4.69) is 27.6 Å². The molecule has 1 aromatic carbocycles. The lowest BCUT2D eigenvalue weighted by molar-refractivity contribution is 0.476. The molecule has 1 heterocycles. The Labute approximate surface area is 83.4 Å². The number of aromatic hydroxyl groups is 1. The molecule has 3 heteroatoms. The molecule has 0 aliphatic rings. The number of aromatic nitrogens is 1. The van der Waals surface area contributed by atoms with Crippen molar-refractivity contribution in [3.05, 3.63) is 34.0 Å². The van der Waals surface area contributed by atoms with Gasteiger partial charge in [-0.3, -0.25) is 4.98 Å². The van der Waals surface area contributed by atoms with Gasteiger partial charge in [-0.25, -0.2) is 0 Å². The first-order chi connectivity index (χ1) is 5.75. The minimum Gasteiger partial charge on any atom is -0.508 e. The molecule has 0 radical (unpaired) electrons. The minimum atomic E-state index is 0.260. The van der Waals surface area contributed by atoms with Crippen LogP contribution in [0.15, 0.2) is 30.5 Å². The Morgan fingerprint density at radius 1 is 1.25 bits per heavy atom. The summed E-state index contributed by atoms with van der Waals surface area (Å²) in [6, 6.07) is 7.22. The highest BCUT2D eigenvalue weighted by atomic mass is 127. The Morgan fingerprint density at radius 2 is 2.08 bits per heavy atom. The molecule has 0 atom stereocenters. The summed E-state index contributed by atoms with van der Waals surface area (Å²) in [7, 11) is 0. The molecular weight excluding hydrogens is 265 g/mol. The average molecular weight is 271 g/mol. The first-order valence-corrected chi connectivity index (χ1v) is 4.58. The van der Waals surface area contributed by atoms with Gasteiger partial charge in [-0.1, -0.05) is 0 Å². The lowest BCUT2D eigenvalue weighted by Gasteiger charge is -1.97. The summed E-state index contributed by atoms with van der Waals surface area (Å²) in [5.41, 5.74) is 0.829. The van der Waals surface area contributed by atoms with Gasteiger partial charge < -0.3 is 5.11 Å². The van der Waals surface area contributed by atoms with Crippen LogP contribution in [-0.4, -0.2) is 10.1 Å². The number of hydrogen-bond donors (Lipinski definition) is 1. The monoisotopic (exact) mass is 271 g/mol. The van der Waals surface area contributed by atoms with E-state index in [9.17, 15) is 0 Å². The lowest BCUT2D eigenvalue weighted by atomic mass is 10.2. The highest BCUT2D eigenvalue weighted by Gasteiger charge is 1.96. The van der Waals surface area contributed by atoms with Crippen molar-refractivity contribution >= 4 is 33.5 Å².